The Morgan fingerprint density at radius 3 is 2.30 bits per heavy atom. The highest BCUT2D eigenvalue weighted by molar-refractivity contribution is 5.46. The summed E-state index contributed by atoms with van der Waals surface area (Å²) >= 11 is 0. The number of hydrogen-bond donors (Lipinski definition) is 0. The van der Waals surface area contributed by atoms with Crippen LogP contribution in [0.5, 0.6) is 0 Å². The predicted molar refractivity (Wildman–Crippen MR) is 81.1 cm³/mol. The molecule has 0 amide bonds. The summed E-state index contributed by atoms with van der Waals surface area (Å²) in [6.45, 7) is 1.93. The molecule has 2 saturated heterocycles. The lowest BCUT2D eigenvalue weighted by Crippen LogP contribution is -2.59. The quantitative estimate of drug-likeness (QED) is 0.841. The van der Waals surface area contributed by atoms with Crippen LogP contribution in [0.15, 0.2) is 30.3 Å². The van der Waals surface area contributed by atoms with Crippen LogP contribution in [0, 0.1) is 0 Å². The van der Waals surface area contributed by atoms with Gasteiger partial charge in [-0.1, -0.05) is 18.2 Å². The molecule has 1 aromatic carbocycles. The summed E-state index contributed by atoms with van der Waals surface area (Å²) in [7, 11) is 2.24. The van der Waals surface area contributed by atoms with Gasteiger partial charge in [0.1, 0.15) is 0 Å². The molecule has 3 fully saturated rings. The summed E-state index contributed by atoms with van der Waals surface area (Å²) in [6, 6.07) is 13.7. The summed E-state index contributed by atoms with van der Waals surface area (Å²) in [6.07, 6.45) is 5.33. The normalized spacial score (nSPS) is 36.6. The van der Waals surface area contributed by atoms with E-state index in [1.54, 1.807) is 0 Å². The van der Waals surface area contributed by atoms with Crippen molar-refractivity contribution in [3.05, 3.63) is 30.3 Å². The van der Waals surface area contributed by atoms with Gasteiger partial charge in [-0.05, 0) is 37.8 Å². The number of ether oxygens (including phenoxy) is 1. The van der Waals surface area contributed by atoms with Gasteiger partial charge in [0.05, 0.1) is 13.2 Å². The van der Waals surface area contributed by atoms with E-state index in [-0.39, 0.29) is 0 Å². The maximum Gasteiger partial charge on any atom is 0.0622 e. The largest absolute Gasteiger partial charge is 0.378 e. The van der Waals surface area contributed by atoms with Gasteiger partial charge in [-0.3, -0.25) is 4.90 Å². The Morgan fingerprint density at radius 1 is 1.00 bits per heavy atom. The van der Waals surface area contributed by atoms with Crippen molar-refractivity contribution in [3.8, 4) is 0 Å². The first-order valence-electron chi connectivity index (χ1n) is 7.96. The molecule has 1 aliphatic carbocycles. The first kappa shape index (κ1) is 12.7. The number of anilines is 1. The molecular formula is C17H24N2O. The summed E-state index contributed by atoms with van der Waals surface area (Å²) in [5, 5.41) is 0. The minimum absolute atomic E-state index is 0.710. The van der Waals surface area contributed by atoms with E-state index in [1.807, 2.05) is 0 Å². The molecule has 2 bridgehead atoms. The van der Waals surface area contributed by atoms with Gasteiger partial charge in [0.15, 0.2) is 0 Å². The lowest BCUT2D eigenvalue weighted by molar-refractivity contribution is -0.0564. The Kier molecular flexibility index (Phi) is 3.20. The summed E-state index contributed by atoms with van der Waals surface area (Å²) in [5.74, 6) is 0. The molecule has 0 radical (unpaired) electrons. The van der Waals surface area contributed by atoms with Gasteiger partial charge in [-0.25, -0.2) is 0 Å². The van der Waals surface area contributed by atoms with Gasteiger partial charge in [0.25, 0.3) is 0 Å². The van der Waals surface area contributed by atoms with Crippen LogP contribution in [-0.2, 0) is 4.74 Å². The monoisotopic (exact) mass is 272 g/mol. The first-order chi connectivity index (χ1) is 9.83. The van der Waals surface area contributed by atoms with Gasteiger partial charge >= 0.3 is 0 Å². The fourth-order valence-corrected chi connectivity index (χ4v) is 4.25. The van der Waals surface area contributed by atoms with Crippen LogP contribution in [0.1, 0.15) is 25.7 Å². The third-order valence-electron chi connectivity index (χ3n) is 5.52. The maximum absolute atomic E-state index is 5.70. The molecule has 0 spiro atoms. The number of rotatable bonds is 3. The zero-order chi connectivity index (χ0) is 13.5. The van der Waals surface area contributed by atoms with Crippen LogP contribution < -0.4 is 4.90 Å². The van der Waals surface area contributed by atoms with Gasteiger partial charge in [-0.15, -0.1) is 0 Å². The number of para-hydroxylation sites is 1. The molecule has 0 N–H and O–H groups in total. The van der Waals surface area contributed by atoms with Crippen molar-refractivity contribution in [1.29, 1.82) is 0 Å². The molecule has 0 aromatic heterocycles. The molecule has 20 heavy (non-hydrogen) atoms. The van der Waals surface area contributed by atoms with Gasteiger partial charge in [0, 0.05) is 36.9 Å². The average molecular weight is 272 g/mol. The van der Waals surface area contributed by atoms with Gasteiger partial charge < -0.3 is 9.64 Å². The predicted octanol–water partition coefficient (Wildman–Crippen LogP) is 2.52. The first-order valence-corrected chi connectivity index (χ1v) is 7.96. The lowest BCUT2D eigenvalue weighted by Gasteiger charge is -2.50. The SMILES string of the molecule is CN(c1ccccc1)C1CC(N2C3CCC2COC3)C1. The Labute approximate surface area is 121 Å². The van der Waals surface area contributed by atoms with Crippen LogP contribution in [0.25, 0.3) is 0 Å². The van der Waals surface area contributed by atoms with E-state index in [2.05, 4.69) is 47.2 Å². The smallest absolute Gasteiger partial charge is 0.0622 e. The second kappa shape index (κ2) is 5.05. The Balaban J connectivity index is 1.38. The molecule has 3 nitrogen and oxygen atoms in total. The number of hydrogen-bond acceptors (Lipinski definition) is 3. The lowest BCUT2D eigenvalue weighted by atomic mass is 9.83. The summed E-state index contributed by atoms with van der Waals surface area (Å²) < 4.78 is 5.70. The average Bonchev–Trinajstić information content (AvgIpc) is 2.69. The third kappa shape index (κ3) is 2.04. The van der Waals surface area contributed by atoms with Crippen molar-refractivity contribution < 1.29 is 4.74 Å². The molecule has 4 rings (SSSR count). The highest BCUT2D eigenvalue weighted by Crippen LogP contribution is 2.39. The Morgan fingerprint density at radius 2 is 1.65 bits per heavy atom. The van der Waals surface area contributed by atoms with E-state index >= 15 is 0 Å². The third-order valence-corrected chi connectivity index (χ3v) is 5.52. The van der Waals surface area contributed by atoms with E-state index in [1.165, 1.54) is 31.4 Å². The molecule has 1 aromatic rings. The van der Waals surface area contributed by atoms with Crippen LogP contribution in [-0.4, -0.2) is 49.3 Å². The second-order valence-corrected chi connectivity index (χ2v) is 6.60. The number of fused-ring (bicyclic) bond motifs is 2. The molecule has 3 heteroatoms. The van der Waals surface area contributed by atoms with E-state index in [9.17, 15) is 0 Å². The van der Waals surface area contributed by atoms with Crippen molar-refractivity contribution in [2.45, 2.75) is 49.9 Å². The molecule has 2 atom stereocenters. The summed E-state index contributed by atoms with van der Waals surface area (Å²) in [4.78, 5) is 5.25. The summed E-state index contributed by atoms with van der Waals surface area (Å²) in [5.41, 5.74) is 1.35. The van der Waals surface area contributed by atoms with Crippen molar-refractivity contribution in [1.82, 2.24) is 4.90 Å². The highest BCUT2D eigenvalue weighted by Gasteiger charge is 2.46. The second-order valence-electron chi connectivity index (χ2n) is 6.60. The van der Waals surface area contributed by atoms with Gasteiger partial charge in [-0.2, -0.15) is 0 Å². The molecule has 2 aliphatic heterocycles. The molecule has 1 saturated carbocycles. The number of benzene rings is 1. The standard InChI is InChI=1S/C17H24N2O/c1-18(13-5-3-2-4-6-13)16-9-17(10-16)19-14-7-8-15(19)12-20-11-14/h2-6,14-17H,7-12H2,1H3. The van der Waals surface area contributed by atoms with E-state index in [4.69, 9.17) is 4.74 Å². The fraction of sp³-hybridized carbons (Fsp3) is 0.647. The number of nitrogens with zero attached hydrogens (tertiary/aromatic N) is 2. The van der Waals surface area contributed by atoms with Crippen molar-refractivity contribution in [3.63, 3.8) is 0 Å². The molecule has 2 unspecified atom stereocenters. The van der Waals surface area contributed by atoms with E-state index < -0.39 is 0 Å². The van der Waals surface area contributed by atoms with E-state index in [0.717, 1.165) is 19.3 Å². The minimum atomic E-state index is 0.710. The Hall–Kier alpha value is -1.06. The van der Waals surface area contributed by atoms with Crippen molar-refractivity contribution in [2.24, 2.45) is 0 Å². The van der Waals surface area contributed by atoms with Crippen molar-refractivity contribution >= 4 is 5.69 Å². The topological polar surface area (TPSA) is 15.7 Å². The zero-order valence-electron chi connectivity index (χ0n) is 12.2. The Bertz CT molecular complexity index is 441. The minimum Gasteiger partial charge on any atom is -0.378 e. The fourth-order valence-electron chi connectivity index (χ4n) is 4.25. The van der Waals surface area contributed by atoms with Crippen LogP contribution in [0.4, 0.5) is 5.69 Å². The zero-order valence-corrected chi connectivity index (χ0v) is 12.2. The molecular weight excluding hydrogens is 248 g/mol. The van der Waals surface area contributed by atoms with Crippen LogP contribution >= 0.6 is 0 Å². The number of morpholine rings is 1. The van der Waals surface area contributed by atoms with Crippen LogP contribution in [0.3, 0.4) is 0 Å². The van der Waals surface area contributed by atoms with Crippen molar-refractivity contribution in [2.75, 3.05) is 25.2 Å². The maximum atomic E-state index is 5.70. The molecule has 3 aliphatic rings. The van der Waals surface area contributed by atoms with Gasteiger partial charge in [0.2, 0.25) is 0 Å². The molecule has 2 heterocycles. The highest BCUT2D eigenvalue weighted by atomic mass is 16.5. The van der Waals surface area contributed by atoms with Crippen LogP contribution in [0.2, 0.25) is 0 Å². The van der Waals surface area contributed by atoms with E-state index in [0.29, 0.717) is 18.1 Å². The molecule has 108 valence electrons.